The molecule has 0 aromatic rings. The predicted octanol–water partition coefficient (Wildman–Crippen LogP) is 0.214. The number of hydrogen-bond donors (Lipinski definition) is 2. The van der Waals surface area contributed by atoms with Gasteiger partial charge in [-0.2, -0.15) is 0 Å². The summed E-state index contributed by atoms with van der Waals surface area (Å²) in [4.78, 5) is 13.3. The highest BCUT2D eigenvalue weighted by Gasteiger charge is 2.47. The van der Waals surface area contributed by atoms with Crippen LogP contribution in [0.15, 0.2) is 0 Å². The number of nitrogens with zero attached hydrogens (tertiary/aromatic N) is 1. The fourth-order valence-corrected chi connectivity index (χ4v) is 2.62. The van der Waals surface area contributed by atoms with Crippen molar-refractivity contribution >= 4 is 5.91 Å². The van der Waals surface area contributed by atoms with Gasteiger partial charge in [-0.1, -0.05) is 0 Å². The van der Waals surface area contributed by atoms with Crippen molar-refractivity contribution in [2.75, 3.05) is 26.2 Å². The van der Waals surface area contributed by atoms with Crippen LogP contribution in [0.3, 0.4) is 0 Å². The maximum absolute atomic E-state index is 13.2. The van der Waals surface area contributed by atoms with Gasteiger partial charge in [0.2, 0.25) is 5.91 Å². The molecule has 4 nitrogen and oxygen atoms in total. The Morgan fingerprint density at radius 1 is 1.41 bits per heavy atom. The molecule has 17 heavy (non-hydrogen) atoms. The molecule has 2 aliphatic rings. The molecule has 1 atom stereocenters. The van der Waals surface area contributed by atoms with Crippen molar-refractivity contribution in [1.82, 2.24) is 10.2 Å². The lowest BCUT2D eigenvalue weighted by Crippen LogP contribution is -2.44. The van der Waals surface area contributed by atoms with Crippen molar-refractivity contribution in [3.8, 4) is 0 Å². The highest BCUT2D eigenvalue weighted by Crippen LogP contribution is 2.33. The van der Waals surface area contributed by atoms with Crippen molar-refractivity contribution in [3.05, 3.63) is 0 Å². The zero-order valence-electron chi connectivity index (χ0n) is 9.66. The quantitative estimate of drug-likeness (QED) is 0.735. The first-order valence-electron chi connectivity index (χ1n) is 6.03. The molecule has 98 valence electrons. The molecule has 0 aromatic carbocycles. The Morgan fingerprint density at radius 3 is 2.65 bits per heavy atom. The van der Waals surface area contributed by atoms with E-state index < -0.39 is 24.9 Å². The van der Waals surface area contributed by atoms with Gasteiger partial charge in [-0.15, -0.1) is 0 Å². The number of halogens is 2. The number of amides is 1. The van der Waals surface area contributed by atoms with E-state index in [-0.39, 0.29) is 18.4 Å². The van der Waals surface area contributed by atoms with Crippen LogP contribution in [-0.4, -0.2) is 54.1 Å². The molecule has 0 aliphatic carbocycles. The molecular weight excluding hydrogens is 230 g/mol. The van der Waals surface area contributed by atoms with Gasteiger partial charge < -0.3 is 15.3 Å². The summed E-state index contributed by atoms with van der Waals surface area (Å²) in [5.41, 5.74) is 0. The Labute approximate surface area is 99.0 Å². The second-order valence-corrected chi connectivity index (χ2v) is 4.89. The average molecular weight is 248 g/mol. The molecule has 2 saturated heterocycles. The SMILES string of the molecule is O=C(C1CCNCC1)N1CC(F)(F)CC1CO. The van der Waals surface area contributed by atoms with Crippen LogP contribution in [0.4, 0.5) is 8.78 Å². The molecule has 1 unspecified atom stereocenters. The predicted molar refractivity (Wildman–Crippen MR) is 57.7 cm³/mol. The van der Waals surface area contributed by atoms with E-state index >= 15 is 0 Å². The summed E-state index contributed by atoms with van der Waals surface area (Å²) >= 11 is 0. The van der Waals surface area contributed by atoms with Gasteiger partial charge in [0.15, 0.2) is 0 Å². The van der Waals surface area contributed by atoms with Gasteiger partial charge in [0.25, 0.3) is 5.92 Å². The molecule has 2 heterocycles. The first kappa shape index (κ1) is 12.7. The summed E-state index contributed by atoms with van der Waals surface area (Å²) in [6, 6.07) is -0.715. The number of carbonyl (C=O) groups excluding carboxylic acids is 1. The van der Waals surface area contributed by atoms with Crippen LogP contribution in [0.2, 0.25) is 0 Å². The monoisotopic (exact) mass is 248 g/mol. The minimum atomic E-state index is -2.85. The standard InChI is InChI=1S/C11H18F2N2O2/c12-11(13)5-9(6-16)15(7-11)10(17)8-1-3-14-4-2-8/h8-9,14,16H,1-7H2. The smallest absolute Gasteiger partial charge is 0.267 e. The third kappa shape index (κ3) is 2.74. The molecule has 2 aliphatic heterocycles. The van der Waals surface area contributed by atoms with Gasteiger partial charge in [0.1, 0.15) is 0 Å². The summed E-state index contributed by atoms with van der Waals surface area (Å²) in [6.45, 7) is 0.585. The van der Waals surface area contributed by atoms with Crippen LogP contribution in [-0.2, 0) is 4.79 Å². The van der Waals surface area contributed by atoms with E-state index in [1.807, 2.05) is 0 Å². The molecule has 0 aromatic heterocycles. The van der Waals surface area contributed by atoms with Crippen LogP contribution < -0.4 is 5.32 Å². The third-order valence-electron chi connectivity index (χ3n) is 3.56. The van der Waals surface area contributed by atoms with Crippen LogP contribution in [0, 0.1) is 5.92 Å². The minimum absolute atomic E-state index is 0.167. The number of rotatable bonds is 2. The highest BCUT2D eigenvalue weighted by molar-refractivity contribution is 5.79. The maximum atomic E-state index is 13.2. The van der Waals surface area contributed by atoms with Crippen LogP contribution in [0.25, 0.3) is 0 Å². The van der Waals surface area contributed by atoms with Crippen LogP contribution in [0.5, 0.6) is 0 Å². The summed E-state index contributed by atoms with van der Waals surface area (Å²) in [5.74, 6) is -3.24. The second-order valence-electron chi connectivity index (χ2n) is 4.89. The Bertz CT molecular complexity index is 293. The lowest BCUT2D eigenvalue weighted by molar-refractivity contribution is -0.139. The average Bonchev–Trinajstić information content (AvgIpc) is 2.65. The second kappa shape index (κ2) is 4.86. The largest absolute Gasteiger partial charge is 0.394 e. The van der Waals surface area contributed by atoms with Crippen molar-refractivity contribution in [1.29, 1.82) is 0 Å². The molecule has 0 saturated carbocycles. The van der Waals surface area contributed by atoms with Gasteiger partial charge in [-0.3, -0.25) is 4.79 Å². The number of carbonyl (C=O) groups is 1. The molecule has 0 bridgehead atoms. The van der Waals surface area contributed by atoms with E-state index in [0.717, 1.165) is 13.1 Å². The molecule has 0 spiro atoms. The third-order valence-corrected chi connectivity index (χ3v) is 3.56. The summed E-state index contributed by atoms with van der Waals surface area (Å²) < 4.78 is 26.5. The van der Waals surface area contributed by atoms with Crippen molar-refractivity contribution < 1.29 is 18.7 Å². The lowest BCUT2D eigenvalue weighted by Gasteiger charge is -2.29. The van der Waals surface area contributed by atoms with Gasteiger partial charge >= 0.3 is 0 Å². The van der Waals surface area contributed by atoms with E-state index in [0.29, 0.717) is 12.8 Å². The van der Waals surface area contributed by atoms with Crippen molar-refractivity contribution in [3.63, 3.8) is 0 Å². The first-order valence-corrected chi connectivity index (χ1v) is 6.03. The maximum Gasteiger partial charge on any atom is 0.267 e. The summed E-state index contributed by atoms with van der Waals surface area (Å²) in [7, 11) is 0. The number of hydrogen-bond acceptors (Lipinski definition) is 3. The Hall–Kier alpha value is -0.750. The van der Waals surface area contributed by atoms with E-state index in [1.165, 1.54) is 4.90 Å². The molecule has 2 fully saturated rings. The highest BCUT2D eigenvalue weighted by atomic mass is 19.3. The zero-order valence-corrected chi connectivity index (χ0v) is 9.66. The number of nitrogens with one attached hydrogen (secondary N) is 1. The Kier molecular flexibility index (Phi) is 3.63. The molecule has 6 heteroatoms. The molecule has 1 amide bonds. The zero-order chi connectivity index (χ0) is 12.5. The minimum Gasteiger partial charge on any atom is -0.394 e. The first-order chi connectivity index (χ1) is 8.03. The van der Waals surface area contributed by atoms with E-state index in [9.17, 15) is 13.6 Å². The number of alkyl halides is 2. The Morgan fingerprint density at radius 2 is 2.06 bits per heavy atom. The van der Waals surface area contributed by atoms with E-state index in [2.05, 4.69) is 5.32 Å². The summed E-state index contributed by atoms with van der Waals surface area (Å²) in [6.07, 6.45) is 0.971. The Balaban J connectivity index is 2.02. The van der Waals surface area contributed by atoms with Gasteiger partial charge in [0, 0.05) is 12.3 Å². The van der Waals surface area contributed by atoms with Crippen molar-refractivity contribution in [2.45, 2.75) is 31.2 Å². The fourth-order valence-electron chi connectivity index (χ4n) is 2.62. The van der Waals surface area contributed by atoms with E-state index in [4.69, 9.17) is 5.11 Å². The van der Waals surface area contributed by atoms with Gasteiger partial charge in [-0.05, 0) is 25.9 Å². The van der Waals surface area contributed by atoms with Crippen LogP contribution in [0.1, 0.15) is 19.3 Å². The van der Waals surface area contributed by atoms with Gasteiger partial charge in [0.05, 0.1) is 19.2 Å². The van der Waals surface area contributed by atoms with E-state index in [1.54, 1.807) is 0 Å². The lowest BCUT2D eigenvalue weighted by atomic mass is 9.96. The van der Waals surface area contributed by atoms with Gasteiger partial charge in [-0.25, -0.2) is 8.78 Å². The summed E-state index contributed by atoms with van der Waals surface area (Å²) in [5, 5.41) is 12.2. The number of likely N-dealkylation sites (tertiary alicyclic amines) is 1. The number of aliphatic hydroxyl groups excluding tert-OH is 1. The molecule has 2 rings (SSSR count). The number of aliphatic hydroxyl groups is 1. The number of piperidine rings is 1. The topological polar surface area (TPSA) is 52.6 Å². The van der Waals surface area contributed by atoms with Crippen LogP contribution >= 0.6 is 0 Å². The molecule has 2 N–H and O–H groups in total. The molecular formula is C11H18F2N2O2. The molecule has 0 radical (unpaired) electrons. The normalized spacial score (nSPS) is 29.6. The fraction of sp³-hybridized carbons (Fsp3) is 0.909. The van der Waals surface area contributed by atoms with Crippen molar-refractivity contribution in [2.24, 2.45) is 5.92 Å².